The Morgan fingerprint density at radius 3 is 2.70 bits per heavy atom. The zero-order valence-corrected chi connectivity index (χ0v) is 12.6. The third-order valence-corrected chi connectivity index (χ3v) is 2.67. The molecule has 0 aromatic heterocycles. The Labute approximate surface area is 121 Å². The smallest absolute Gasteiger partial charge is 0.305 e. The third-order valence-electron chi connectivity index (χ3n) is 2.67. The maximum absolute atomic E-state index is 11.2. The molecule has 0 saturated heterocycles. The van der Waals surface area contributed by atoms with E-state index in [0.29, 0.717) is 25.7 Å². The first-order valence-electron chi connectivity index (χ1n) is 7.27. The van der Waals surface area contributed by atoms with Gasteiger partial charge in [-0.05, 0) is 45.7 Å². The number of anilines is 1. The maximum atomic E-state index is 11.2. The molecule has 1 aromatic rings. The Bertz CT molecular complexity index is 404. The molecule has 0 amide bonds. The molecule has 0 fully saturated rings. The first-order valence-corrected chi connectivity index (χ1v) is 7.27. The lowest BCUT2D eigenvalue weighted by molar-refractivity contribution is -0.143. The van der Waals surface area contributed by atoms with Crippen LogP contribution in [0.15, 0.2) is 24.3 Å². The molecular formula is C16H25NO3. The van der Waals surface area contributed by atoms with Crippen LogP contribution in [0.5, 0.6) is 5.75 Å². The third kappa shape index (κ3) is 6.45. The number of rotatable bonds is 9. The molecule has 0 aliphatic rings. The molecule has 0 aliphatic heterocycles. The average molecular weight is 279 g/mol. The fourth-order valence-electron chi connectivity index (χ4n) is 1.81. The lowest BCUT2D eigenvalue weighted by atomic mass is 10.2. The van der Waals surface area contributed by atoms with Gasteiger partial charge >= 0.3 is 5.97 Å². The molecule has 0 heterocycles. The van der Waals surface area contributed by atoms with Crippen LogP contribution >= 0.6 is 0 Å². The highest BCUT2D eigenvalue weighted by atomic mass is 16.5. The van der Waals surface area contributed by atoms with Crippen LogP contribution in [-0.4, -0.2) is 25.2 Å². The van der Waals surface area contributed by atoms with Crippen LogP contribution in [0.1, 0.15) is 40.0 Å². The van der Waals surface area contributed by atoms with E-state index in [4.69, 9.17) is 9.47 Å². The van der Waals surface area contributed by atoms with E-state index in [2.05, 4.69) is 19.2 Å². The van der Waals surface area contributed by atoms with E-state index in [9.17, 15) is 4.79 Å². The summed E-state index contributed by atoms with van der Waals surface area (Å²) in [7, 11) is 0. The fraction of sp³-hybridized carbons (Fsp3) is 0.562. The van der Waals surface area contributed by atoms with Gasteiger partial charge in [0.05, 0.1) is 18.9 Å². The number of hydrogen-bond donors (Lipinski definition) is 1. The minimum Gasteiger partial charge on any atom is -0.491 e. The number of carbonyl (C=O) groups excluding carboxylic acids is 1. The highest BCUT2D eigenvalue weighted by Crippen LogP contribution is 2.24. The van der Waals surface area contributed by atoms with Gasteiger partial charge < -0.3 is 14.8 Å². The van der Waals surface area contributed by atoms with E-state index in [-0.39, 0.29) is 5.97 Å². The summed E-state index contributed by atoms with van der Waals surface area (Å²) >= 11 is 0. The summed E-state index contributed by atoms with van der Waals surface area (Å²) < 4.78 is 10.6. The predicted octanol–water partition coefficient (Wildman–Crippen LogP) is 3.62. The Kier molecular flexibility index (Phi) is 7.55. The van der Waals surface area contributed by atoms with Crippen molar-refractivity contribution >= 4 is 11.7 Å². The lowest BCUT2D eigenvalue weighted by Crippen LogP contribution is -2.11. The zero-order valence-electron chi connectivity index (χ0n) is 12.6. The summed E-state index contributed by atoms with van der Waals surface area (Å²) in [5, 5.41) is 3.35. The van der Waals surface area contributed by atoms with E-state index >= 15 is 0 Å². The van der Waals surface area contributed by atoms with Crippen molar-refractivity contribution in [1.82, 2.24) is 0 Å². The quantitative estimate of drug-likeness (QED) is 0.554. The summed E-state index contributed by atoms with van der Waals surface area (Å²) in [6.45, 7) is 7.06. The molecule has 0 unspecified atom stereocenters. The van der Waals surface area contributed by atoms with Crippen molar-refractivity contribution in [3.8, 4) is 5.75 Å². The van der Waals surface area contributed by atoms with Gasteiger partial charge in [0.1, 0.15) is 5.75 Å². The van der Waals surface area contributed by atoms with Crippen LogP contribution in [0, 0.1) is 0 Å². The Morgan fingerprint density at radius 2 is 2.00 bits per heavy atom. The number of hydrogen-bond acceptors (Lipinski definition) is 4. The average Bonchev–Trinajstić information content (AvgIpc) is 2.40. The molecule has 0 spiro atoms. The molecule has 112 valence electrons. The van der Waals surface area contributed by atoms with Crippen LogP contribution in [0.3, 0.4) is 0 Å². The normalized spacial score (nSPS) is 10.4. The van der Waals surface area contributed by atoms with Gasteiger partial charge in [-0.3, -0.25) is 4.79 Å². The van der Waals surface area contributed by atoms with Crippen molar-refractivity contribution in [2.75, 3.05) is 18.5 Å². The van der Waals surface area contributed by atoms with Crippen molar-refractivity contribution in [1.29, 1.82) is 0 Å². The van der Waals surface area contributed by atoms with Gasteiger partial charge in [-0.1, -0.05) is 12.1 Å². The Hall–Kier alpha value is -1.71. The fourth-order valence-corrected chi connectivity index (χ4v) is 1.81. The van der Waals surface area contributed by atoms with Crippen molar-refractivity contribution in [2.45, 2.75) is 46.1 Å². The number of nitrogens with one attached hydrogen (secondary N) is 1. The monoisotopic (exact) mass is 279 g/mol. The molecule has 1 aromatic carbocycles. The minimum atomic E-state index is -0.130. The molecule has 4 heteroatoms. The van der Waals surface area contributed by atoms with Gasteiger partial charge in [0.25, 0.3) is 0 Å². The second kappa shape index (κ2) is 9.23. The topological polar surface area (TPSA) is 47.6 Å². The molecule has 0 bridgehead atoms. The van der Waals surface area contributed by atoms with Crippen LogP contribution in [-0.2, 0) is 9.53 Å². The van der Waals surface area contributed by atoms with Crippen LogP contribution in [0.25, 0.3) is 0 Å². The summed E-state index contributed by atoms with van der Waals surface area (Å²) in [5.41, 5.74) is 1.01. The van der Waals surface area contributed by atoms with Crippen molar-refractivity contribution in [2.24, 2.45) is 0 Å². The second-order valence-electron chi connectivity index (χ2n) is 4.91. The maximum Gasteiger partial charge on any atom is 0.305 e. The van der Waals surface area contributed by atoms with Gasteiger partial charge in [-0.15, -0.1) is 0 Å². The number of esters is 1. The first kappa shape index (κ1) is 16.3. The summed E-state index contributed by atoms with van der Waals surface area (Å²) in [6, 6.07) is 8.27. The van der Waals surface area contributed by atoms with E-state index in [1.165, 1.54) is 0 Å². The van der Waals surface area contributed by atoms with Gasteiger partial charge in [-0.25, -0.2) is 0 Å². The highest BCUT2D eigenvalue weighted by molar-refractivity contribution is 5.69. The van der Waals surface area contributed by atoms with Crippen LogP contribution < -0.4 is 10.1 Å². The first-order chi connectivity index (χ1) is 9.63. The molecule has 20 heavy (non-hydrogen) atoms. The van der Waals surface area contributed by atoms with Crippen molar-refractivity contribution in [3.05, 3.63) is 24.3 Å². The molecule has 0 atom stereocenters. The molecule has 0 radical (unpaired) electrons. The summed E-state index contributed by atoms with van der Waals surface area (Å²) in [4.78, 5) is 11.2. The van der Waals surface area contributed by atoms with Gasteiger partial charge in [0, 0.05) is 12.5 Å². The van der Waals surface area contributed by atoms with Gasteiger partial charge in [-0.2, -0.15) is 0 Å². The number of benzene rings is 1. The molecule has 0 aliphatic carbocycles. The molecule has 1 rings (SSSR count). The standard InChI is InChI=1S/C16H25NO3/c1-4-19-16(18)11-7-8-12-20-15-10-6-5-9-14(15)17-13(2)3/h5-6,9-10,13,17H,4,7-8,11-12H2,1-3H3. The van der Waals surface area contributed by atoms with E-state index in [1.807, 2.05) is 31.2 Å². The van der Waals surface area contributed by atoms with E-state index in [1.54, 1.807) is 0 Å². The number of unbranched alkanes of at least 4 members (excludes halogenated alkanes) is 1. The summed E-state index contributed by atoms with van der Waals surface area (Å²) in [5.74, 6) is 0.728. The van der Waals surface area contributed by atoms with Crippen molar-refractivity contribution in [3.63, 3.8) is 0 Å². The molecule has 0 saturated carbocycles. The van der Waals surface area contributed by atoms with Crippen molar-refractivity contribution < 1.29 is 14.3 Å². The predicted molar refractivity (Wildman–Crippen MR) is 81.2 cm³/mol. The molecule has 1 N–H and O–H groups in total. The number of ether oxygens (including phenoxy) is 2. The highest BCUT2D eigenvalue weighted by Gasteiger charge is 2.05. The number of carbonyl (C=O) groups is 1. The SMILES string of the molecule is CCOC(=O)CCCCOc1ccccc1NC(C)C. The Balaban J connectivity index is 2.29. The van der Waals surface area contributed by atoms with Gasteiger partial charge in [0.2, 0.25) is 0 Å². The van der Waals surface area contributed by atoms with E-state index in [0.717, 1.165) is 24.3 Å². The molecular weight excluding hydrogens is 254 g/mol. The number of para-hydroxylation sites is 2. The minimum absolute atomic E-state index is 0.130. The Morgan fingerprint density at radius 1 is 1.25 bits per heavy atom. The van der Waals surface area contributed by atoms with Crippen LogP contribution in [0.2, 0.25) is 0 Å². The van der Waals surface area contributed by atoms with Gasteiger partial charge in [0.15, 0.2) is 0 Å². The van der Waals surface area contributed by atoms with Crippen LogP contribution in [0.4, 0.5) is 5.69 Å². The summed E-state index contributed by atoms with van der Waals surface area (Å²) in [6.07, 6.45) is 2.09. The largest absolute Gasteiger partial charge is 0.491 e. The second-order valence-corrected chi connectivity index (χ2v) is 4.91. The molecule has 4 nitrogen and oxygen atoms in total. The lowest BCUT2D eigenvalue weighted by Gasteiger charge is -2.15. The van der Waals surface area contributed by atoms with E-state index < -0.39 is 0 Å². The zero-order chi connectivity index (χ0) is 14.8.